The molecule has 3 rings (SSSR count). The summed E-state index contributed by atoms with van der Waals surface area (Å²) in [7, 11) is 1.21. The summed E-state index contributed by atoms with van der Waals surface area (Å²) in [6, 6.07) is 13.4. The van der Waals surface area contributed by atoms with E-state index in [0.29, 0.717) is 5.56 Å². The summed E-state index contributed by atoms with van der Waals surface area (Å²) in [6.45, 7) is -0.0170. The molecule has 0 bridgehead atoms. The molecule has 1 amide bonds. The first kappa shape index (κ1) is 21.8. The van der Waals surface area contributed by atoms with Gasteiger partial charge in [-0.25, -0.2) is 4.79 Å². The minimum absolute atomic E-state index is 0.0170. The largest absolute Gasteiger partial charge is 0.465 e. The zero-order valence-electron chi connectivity index (χ0n) is 16.3. The molecule has 160 valence electrons. The summed E-state index contributed by atoms with van der Waals surface area (Å²) >= 11 is 0. The van der Waals surface area contributed by atoms with Gasteiger partial charge in [-0.15, -0.1) is 0 Å². The van der Waals surface area contributed by atoms with Crippen LogP contribution >= 0.6 is 0 Å². The maximum absolute atomic E-state index is 12.7. The van der Waals surface area contributed by atoms with Gasteiger partial charge in [0.05, 0.1) is 30.5 Å². The van der Waals surface area contributed by atoms with E-state index in [2.05, 4.69) is 10.1 Å². The van der Waals surface area contributed by atoms with Crippen LogP contribution in [0, 0.1) is 0 Å². The molecule has 0 fully saturated rings. The number of aromatic nitrogens is 1. The van der Waals surface area contributed by atoms with Crippen molar-refractivity contribution in [3.63, 3.8) is 0 Å². The predicted octanol–water partition coefficient (Wildman–Crippen LogP) is 3.95. The lowest BCUT2D eigenvalue weighted by atomic mass is 10.1. The summed E-state index contributed by atoms with van der Waals surface area (Å²) in [5, 5.41) is 2.52. The fourth-order valence-electron chi connectivity index (χ4n) is 2.90. The molecule has 2 aromatic carbocycles. The number of anilines is 1. The molecule has 0 aliphatic rings. The molecular formula is C22H17F3N2O4. The second-order valence-corrected chi connectivity index (χ2v) is 6.54. The Hall–Kier alpha value is -3.88. The van der Waals surface area contributed by atoms with Gasteiger partial charge in [-0.1, -0.05) is 24.3 Å². The van der Waals surface area contributed by atoms with Crippen LogP contribution in [-0.2, 0) is 17.5 Å². The Morgan fingerprint density at radius 2 is 1.61 bits per heavy atom. The number of para-hydroxylation sites is 1. The number of benzene rings is 2. The van der Waals surface area contributed by atoms with Crippen molar-refractivity contribution >= 4 is 17.6 Å². The number of methoxy groups -OCH3 is 1. The Labute approximate surface area is 174 Å². The van der Waals surface area contributed by atoms with Crippen LogP contribution in [0.2, 0.25) is 0 Å². The molecule has 3 aromatic rings. The van der Waals surface area contributed by atoms with Crippen LogP contribution in [0.1, 0.15) is 31.8 Å². The van der Waals surface area contributed by atoms with Crippen molar-refractivity contribution in [3.8, 4) is 0 Å². The fraction of sp³-hybridized carbons (Fsp3) is 0.136. The third kappa shape index (κ3) is 5.00. The molecule has 0 spiro atoms. The molecule has 1 aromatic heterocycles. The highest BCUT2D eigenvalue weighted by molar-refractivity contribution is 6.07. The van der Waals surface area contributed by atoms with E-state index in [4.69, 9.17) is 0 Å². The average molecular weight is 430 g/mol. The van der Waals surface area contributed by atoms with Crippen LogP contribution in [0.15, 0.2) is 71.7 Å². The highest BCUT2D eigenvalue weighted by atomic mass is 19.4. The van der Waals surface area contributed by atoms with E-state index in [-0.39, 0.29) is 23.4 Å². The van der Waals surface area contributed by atoms with E-state index in [1.165, 1.54) is 54.3 Å². The summed E-state index contributed by atoms with van der Waals surface area (Å²) in [4.78, 5) is 37.2. The van der Waals surface area contributed by atoms with Gasteiger partial charge in [0.25, 0.3) is 11.5 Å². The first-order valence-corrected chi connectivity index (χ1v) is 9.05. The van der Waals surface area contributed by atoms with Crippen LogP contribution in [0.4, 0.5) is 18.9 Å². The maximum Gasteiger partial charge on any atom is 0.416 e. The Kier molecular flexibility index (Phi) is 6.24. The topological polar surface area (TPSA) is 77.4 Å². The smallest absolute Gasteiger partial charge is 0.416 e. The summed E-state index contributed by atoms with van der Waals surface area (Å²) < 4.78 is 44.0. The Morgan fingerprint density at radius 1 is 0.968 bits per heavy atom. The van der Waals surface area contributed by atoms with Crippen molar-refractivity contribution in [2.75, 3.05) is 12.4 Å². The van der Waals surface area contributed by atoms with Crippen LogP contribution in [0.25, 0.3) is 0 Å². The number of amides is 1. The van der Waals surface area contributed by atoms with Gasteiger partial charge in [-0.2, -0.15) is 13.2 Å². The van der Waals surface area contributed by atoms with Crippen LogP contribution in [-0.4, -0.2) is 23.6 Å². The lowest BCUT2D eigenvalue weighted by molar-refractivity contribution is -0.137. The van der Waals surface area contributed by atoms with Gasteiger partial charge in [0.15, 0.2) is 0 Å². The number of hydrogen-bond donors (Lipinski definition) is 1. The Morgan fingerprint density at radius 3 is 2.26 bits per heavy atom. The van der Waals surface area contributed by atoms with E-state index in [0.717, 1.165) is 12.1 Å². The summed E-state index contributed by atoms with van der Waals surface area (Å²) in [6.07, 6.45) is -3.02. The molecule has 0 unspecified atom stereocenters. The molecule has 1 N–H and O–H groups in total. The van der Waals surface area contributed by atoms with E-state index in [1.54, 1.807) is 12.1 Å². The van der Waals surface area contributed by atoms with Crippen molar-refractivity contribution < 1.29 is 27.5 Å². The maximum atomic E-state index is 12.7. The van der Waals surface area contributed by atoms with Gasteiger partial charge >= 0.3 is 12.1 Å². The van der Waals surface area contributed by atoms with E-state index >= 15 is 0 Å². The molecule has 0 atom stereocenters. The van der Waals surface area contributed by atoms with Crippen molar-refractivity contribution in [1.82, 2.24) is 4.57 Å². The molecule has 1 heterocycles. The number of nitrogens with zero attached hydrogens (tertiary/aromatic N) is 1. The Bertz CT molecular complexity index is 1170. The highest BCUT2D eigenvalue weighted by Crippen LogP contribution is 2.29. The van der Waals surface area contributed by atoms with Crippen molar-refractivity contribution in [2.24, 2.45) is 0 Å². The molecule has 0 saturated heterocycles. The predicted molar refractivity (Wildman–Crippen MR) is 107 cm³/mol. The van der Waals surface area contributed by atoms with Gasteiger partial charge in [0.2, 0.25) is 0 Å². The Balaban J connectivity index is 1.84. The van der Waals surface area contributed by atoms with Gasteiger partial charge in [-0.3, -0.25) is 9.59 Å². The van der Waals surface area contributed by atoms with Gasteiger partial charge in [-0.05, 0) is 42.0 Å². The van der Waals surface area contributed by atoms with Gasteiger partial charge in [0, 0.05) is 6.20 Å². The minimum atomic E-state index is -4.45. The number of pyridine rings is 1. The van der Waals surface area contributed by atoms with Crippen LogP contribution < -0.4 is 10.9 Å². The molecule has 0 radical (unpaired) electrons. The molecule has 6 nitrogen and oxygen atoms in total. The summed E-state index contributed by atoms with van der Waals surface area (Å²) in [5.74, 6) is -1.38. The number of halogens is 3. The standard InChI is InChI=1S/C22H17F3N2O4/c1-31-21(30)16-5-2-3-7-18(16)26-19(28)17-6-4-12-27(20(17)29)13-14-8-10-15(11-9-14)22(23,24)25/h2-12H,13H2,1H3,(H,26,28). The SMILES string of the molecule is COC(=O)c1ccccc1NC(=O)c1cccn(Cc2ccc(C(F)(F)F)cc2)c1=O. The molecule has 9 heteroatoms. The summed E-state index contributed by atoms with van der Waals surface area (Å²) in [5.41, 5.74) is -0.842. The number of hydrogen-bond acceptors (Lipinski definition) is 4. The van der Waals surface area contributed by atoms with Crippen molar-refractivity contribution in [2.45, 2.75) is 12.7 Å². The van der Waals surface area contributed by atoms with Gasteiger partial charge in [0.1, 0.15) is 5.56 Å². The number of carbonyl (C=O) groups excluding carboxylic acids is 2. The van der Waals surface area contributed by atoms with Crippen LogP contribution in [0.5, 0.6) is 0 Å². The van der Waals surface area contributed by atoms with Crippen molar-refractivity contribution in [3.05, 3.63) is 99.5 Å². The molecule has 31 heavy (non-hydrogen) atoms. The lowest BCUT2D eigenvalue weighted by Gasteiger charge is -2.12. The number of rotatable bonds is 5. The molecule has 0 aliphatic heterocycles. The monoisotopic (exact) mass is 430 g/mol. The highest BCUT2D eigenvalue weighted by Gasteiger charge is 2.29. The second-order valence-electron chi connectivity index (χ2n) is 6.54. The third-order valence-electron chi connectivity index (χ3n) is 4.48. The second kappa shape index (κ2) is 8.86. The van der Waals surface area contributed by atoms with E-state index in [1.807, 2.05) is 0 Å². The van der Waals surface area contributed by atoms with Crippen molar-refractivity contribution in [1.29, 1.82) is 0 Å². The molecule has 0 saturated carbocycles. The third-order valence-corrected chi connectivity index (χ3v) is 4.48. The number of esters is 1. The number of alkyl halides is 3. The minimum Gasteiger partial charge on any atom is -0.465 e. The zero-order chi connectivity index (χ0) is 22.6. The fourth-order valence-corrected chi connectivity index (χ4v) is 2.90. The normalized spacial score (nSPS) is 11.1. The molecule has 0 aliphatic carbocycles. The first-order valence-electron chi connectivity index (χ1n) is 9.05. The van der Waals surface area contributed by atoms with E-state index in [9.17, 15) is 27.6 Å². The molecular weight excluding hydrogens is 413 g/mol. The van der Waals surface area contributed by atoms with Gasteiger partial charge < -0.3 is 14.6 Å². The lowest BCUT2D eigenvalue weighted by Crippen LogP contribution is -2.29. The number of ether oxygens (including phenoxy) is 1. The van der Waals surface area contributed by atoms with E-state index < -0.39 is 29.2 Å². The van der Waals surface area contributed by atoms with Crippen LogP contribution in [0.3, 0.4) is 0 Å². The first-order chi connectivity index (χ1) is 14.7. The zero-order valence-corrected chi connectivity index (χ0v) is 16.3. The average Bonchev–Trinajstić information content (AvgIpc) is 2.74. The number of carbonyl (C=O) groups is 2. The quantitative estimate of drug-likeness (QED) is 0.622. The number of nitrogens with one attached hydrogen (secondary N) is 1.